The second kappa shape index (κ2) is 11.3. The zero-order valence-corrected chi connectivity index (χ0v) is 29.5. The molecule has 0 saturated carbocycles. The molecule has 0 aliphatic heterocycles. The minimum atomic E-state index is 0.326. The van der Waals surface area contributed by atoms with Gasteiger partial charge in [-0.25, -0.2) is 0 Å². The van der Waals surface area contributed by atoms with Gasteiger partial charge < -0.3 is 9.13 Å². The molecule has 0 fully saturated rings. The van der Waals surface area contributed by atoms with E-state index in [1.807, 2.05) is 0 Å². The number of para-hydroxylation sites is 4. The minimum absolute atomic E-state index is 0.326. The van der Waals surface area contributed by atoms with E-state index in [4.69, 9.17) is 0 Å². The van der Waals surface area contributed by atoms with Crippen LogP contribution in [-0.4, -0.2) is 9.13 Å². The van der Waals surface area contributed by atoms with Crippen molar-refractivity contribution in [1.82, 2.24) is 9.13 Å². The zero-order chi connectivity index (χ0) is 35.3. The van der Waals surface area contributed by atoms with Crippen molar-refractivity contribution in [1.29, 1.82) is 0 Å². The Labute approximate surface area is 313 Å². The van der Waals surface area contributed by atoms with E-state index in [-0.39, 0.29) is 0 Å². The van der Waals surface area contributed by atoms with Crippen LogP contribution in [0.5, 0.6) is 0 Å². The van der Waals surface area contributed by atoms with Crippen LogP contribution in [0.3, 0.4) is 0 Å². The highest BCUT2D eigenvalue weighted by atomic mass is 15.0. The number of fused-ring (bicyclic) bond motifs is 6. The summed E-state index contributed by atoms with van der Waals surface area (Å²) in [6.45, 7) is 0. The van der Waals surface area contributed by atoms with Crippen LogP contribution >= 0.6 is 0 Å². The third-order valence-corrected chi connectivity index (χ3v) is 12.0. The van der Waals surface area contributed by atoms with Crippen LogP contribution in [0.25, 0.3) is 66.1 Å². The van der Waals surface area contributed by atoms with Crippen LogP contribution in [0.4, 0.5) is 0 Å². The third-order valence-electron chi connectivity index (χ3n) is 12.0. The summed E-state index contributed by atoms with van der Waals surface area (Å²) in [6.07, 6.45) is 19.2. The molecule has 0 N–H and O–H groups in total. The predicted octanol–water partition coefficient (Wildman–Crippen LogP) is 12.9. The molecule has 0 bridgehead atoms. The maximum absolute atomic E-state index is 2.43. The van der Waals surface area contributed by atoms with Gasteiger partial charge in [-0.15, -0.1) is 0 Å². The van der Waals surface area contributed by atoms with Crippen molar-refractivity contribution in [2.24, 2.45) is 11.8 Å². The summed E-state index contributed by atoms with van der Waals surface area (Å²) in [4.78, 5) is 0. The van der Waals surface area contributed by atoms with Crippen LogP contribution in [0.1, 0.15) is 11.1 Å². The van der Waals surface area contributed by atoms with Crippen molar-refractivity contribution < 1.29 is 0 Å². The molecule has 2 aromatic heterocycles. The van der Waals surface area contributed by atoms with Gasteiger partial charge in [0.15, 0.2) is 0 Å². The van der Waals surface area contributed by atoms with Crippen molar-refractivity contribution in [3.8, 4) is 11.4 Å². The Bertz CT molecular complexity index is 2840. The lowest BCUT2D eigenvalue weighted by Gasteiger charge is -2.40. The van der Waals surface area contributed by atoms with Crippen molar-refractivity contribution in [3.05, 3.63) is 228 Å². The Morgan fingerprint density at radius 2 is 0.704 bits per heavy atom. The molecular weight excluding hydrogens is 653 g/mol. The van der Waals surface area contributed by atoms with E-state index in [2.05, 4.69) is 203 Å². The molecule has 2 heteroatoms. The lowest BCUT2D eigenvalue weighted by Crippen LogP contribution is -2.29. The van der Waals surface area contributed by atoms with Crippen LogP contribution in [-0.2, 0) is 0 Å². The molecule has 54 heavy (non-hydrogen) atoms. The van der Waals surface area contributed by atoms with E-state index in [9.17, 15) is 0 Å². The van der Waals surface area contributed by atoms with Gasteiger partial charge in [0.25, 0.3) is 0 Å². The zero-order valence-electron chi connectivity index (χ0n) is 29.5. The smallest absolute Gasteiger partial charge is 0.0541 e. The van der Waals surface area contributed by atoms with Gasteiger partial charge in [-0.05, 0) is 93.1 Å². The Kier molecular flexibility index (Phi) is 6.20. The molecule has 2 nitrogen and oxygen atoms in total. The maximum Gasteiger partial charge on any atom is 0.0541 e. The fourth-order valence-corrected chi connectivity index (χ4v) is 9.69. The highest BCUT2D eigenvalue weighted by molar-refractivity contribution is 6.10. The van der Waals surface area contributed by atoms with E-state index in [0.29, 0.717) is 11.8 Å². The van der Waals surface area contributed by atoms with E-state index in [0.717, 1.165) is 0 Å². The van der Waals surface area contributed by atoms with Gasteiger partial charge in [0.1, 0.15) is 0 Å². The number of allylic oxidation sites excluding steroid dienone is 14. The molecule has 2 heterocycles. The average molecular weight is 687 g/mol. The molecule has 2 atom stereocenters. The average Bonchev–Trinajstić information content (AvgIpc) is 3.76. The van der Waals surface area contributed by atoms with Crippen LogP contribution in [0.2, 0.25) is 0 Å². The SMILES string of the molecule is C1=CC2=CC(c3cccc(-n4c5ccccc5c5ccccc54)c3)=CC3=CC=C4C=C(c5cccc(-n6c7ccccc7c7ccccc76)c5)C=C1C4C32. The Morgan fingerprint density at radius 3 is 1.09 bits per heavy atom. The Morgan fingerprint density at radius 1 is 0.333 bits per heavy atom. The summed E-state index contributed by atoms with van der Waals surface area (Å²) in [5, 5.41) is 5.14. The fourth-order valence-electron chi connectivity index (χ4n) is 9.69. The first-order valence-electron chi connectivity index (χ1n) is 18.9. The second-order valence-electron chi connectivity index (χ2n) is 15.0. The molecule has 6 aromatic carbocycles. The van der Waals surface area contributed by atoms with E-state index in [1.165, 1.54) is 99.6 Å². The highest BCUT2D eigenvalue weighted by Gasteiger charge is 2.38. The normalized spacial score (nSPS) is 18.6. The lowest BCUT2D eigenvalue weighted by molar-refractivity contribution is 0.566. The standard InChI is InChI=1S/C52H34N2/c1-5-19-47-43(15-1)44-16-2-6-20-48(44)53(47)41-13-9-11-33(31-41)39-27-35-23-25-37-29-40(30-38-26-24-36(28-39)51(35)52(37)38)34-12-10-14-42(32-34)54-49-21-7-3-17-45(49)46-18-4-8-22-50(46)54/h1-32,51-52H. The number of hydrogen-bond donors (Lipinski definition) is 0. The van der Waals surface area contributed by atoms with Gasteiger partial charge in [-0.3, -0.25) is 0 Å². The van der Waals surface area contributed by atoms with Gasteiger partial charge in [-0.1, -0.05) is 146 Å². The van der Waals surface area contributed by atoms with Crippen molar-refractivity contribution >= 4 is 54.8 Å². The van der Waals surface area contributed by atoms with E-state index < -0.39 is 0 Å². The second-order valence-corrected chi connectivity index (χ2v) is 15.0. The van der Waals surface area contributed by atoms with Crippen LogP contribution in [0, 0.1) is 11.8 Å². The molecule has 0 saturated heterocycles. The fraction of sp³-hybridized carbons (Fsp3) is 0.0385. The van der Waals surface area contributed by atoms with Gasteiger partial charge in [0.05, 0.1) is 22.1 Å². The number of hydrogen-bond acceptors (Lipinski definition) is 0. The van der Waals surface area contributed by atoms with Gasteiger partial charge in [0.2, 0.25) is 0 Å². The number of rotatable bonds is 4. The molecule has 12 rings (SSSR count). The van der Waals surface area contributed by atoms with Gasteiger partial charge >= 0.3 is 0 Å². The summed E-state index contributed by atoms with van der Waals surface area (Å²) in [5.41, 5.74) is 17.8. The highest BCUT2D eigenvalue weighted by Crippen LogP contribution is 2.51. The van der Waals surface area contributed by atoms with Gasteiger partial charge in [-0.2, -0.15) is 0 Å². The molecule has 8 aromatic rings. The number of aromatic nitrogens is 2. The molecule has 0 radical (unpaired) electrons. The molecule has 2 unspecified atom stereocenters. The first-order valence-corrected chi connectivity index (χ1v) is 18.9. The molecule has 0 amide bonds. The van der Waals surface area contributed by atoms with Crippen LogP contribution in [0.15, 0.2) is 216 Å². The van der Waals surface area contributed by atoms with Crippen molar-refractivity contribution in [2.45, 2.75) is 0 Å². The van der Waals surface area contributed by atoms with Crippen molar-refractivity contribution in [2.75, 3.05) is 0 Å². The van der Waals surface area contributed by atoms with E-state index in [1.54, 1.807) is 0 Å². The summed E-state index contributed by atoms with van der Waals surface area (Å²) in [5.74, 6) is 0.652. The largest absolute Gasteiger partial charge is 0.309 e. The van der Waals surface area contributed by atoms with E-state index >= 15 is 0 Å². The monoisotopic (exact) mass is 686 g/mol. The summed E-state index contributed by atoms with van der Waals surface area (Å²) < 4.78 is 4.81. The van der Waals surface area contributed by atoms with Gasteiger partial charge in [0, 0.05) is 44.8 Å². The topological polar surface area (TPSA) is 9.86 Å². The maximum atomic E-state index is 2.43. The molecule has 0 spiro atoms. The summed E-state index contributed by atoms with van der Waals surface area (Å²) >= 11 is 0. The van der Waals surface area contributed by atoms with Crippen LogP contribution < -0.4 is 0 Å². The molecule has 4 aliphatic carbocycles. The quantitative estimate of drug-likeness (QED) is 0.174. The predicted molar refractivity (Wildman–Crippen MR) is 226 cm³/mol. The first-order chi connectivity index (χ1) is 26.8. The molecular formula is C52H34N2. The number of benzene rings is 6. The third kappa shape index (κ3) is 4.28. The minimum Gasteiger partial charge on any atom is -0.309 e. The summed E-state index contributed by atoms with van der Waals surface area (Å²) in [7, 11) is 0. The first kappa shape index (κ1) is 29.7. The lowest BCUT2D eigenvalue weighted by atomic mass is 9.63. The number of nitrogens with zero attached hydrogens (tertiary/aromatic N) is 2. The Balaban J connectivity index is 0.928. The van der Waals surface area contributed by atoms with Crippen molar-refractivity contribution in [3.63, 3.8) is 0 Å². The summed E-state index contributed by atoms with van der Waals surface area (Å²) in [6, 6.07) is 53.0. The molecule has 4 aliphatic rings. The molecule has 252 valence electrons. The Hall–Kier alpha value is -6.90.